The predicted molar refractivity (Wildman–Crippen MR) is 74.4 cm³/mol. The molecule has 0 unspecified atom stereocenters. The molecule has 0 aliphatic rings. The minimum atomic E-state index is -0.203. The number of amides is 1. The van der Waals surface area contributed by atoms with Crippen LogP contribution in [0.1, 0.15) is 18.5 Å². The van der Waals surface area contributed by atoms with Crippen LogP contribution in [0.2, 0.25) is 0 Å². The van der Waals surface area contributed by atoms with Crippen LogP contribution in [0.5, 0.6) is 5.75 Å². The van der Waals surface area contributed by atoms with Crippen LogP contribution in [-0.2, 0) is 11.3 Å². The molecule has 0 atom stereocenters. The van der Waals surface area contributed by atoms with E-state index < -0.39 is 0 Å². The molecule has 0 radical (unpaired) electrons. The fourth-order valence-corrected chi connectivity index (χ4v) is 1.69. The van der Waals surface area contributed by atoms with E-state index in [4.69, 9.17) is 4.74 Å². The molecule has 2 aromatic rings. The number of hydrogen-bond donors (Lipinski definition) is 3. The van der Waals surface area contributed by atoms with Crippen molar-refractivity contribution in [3.05, 3.63) is 52.4 Å². The predicted octanol–water partition coefficient (Wildman–Crippen LogP) is 1.18. The van der Waals surface area contributed by atoms with Gasteiger partial charge in [0, 0.05) is 12.5 Å². The number of para-hydroxylation sites is 1. The highest BCUT2D eigenvalue weighted by Gasteiger charge is 2.03. The van der Waals surface area contributed by atoms with Gasteiger partial charge >= 0.3 is 0 Å². The van der Waals surface area contributed by atoms with Gasteiger partial charge in [-0.3, -0.25) is 14.7 Å². The number of ether oxygens (including phenoxy) is 1. The third-order valence-electron chi connectivity index (χ3n) is 2.69. The SMILES string of the molecule is O=C(CCCOc1ccccc1)NCc1cc(=O)[nH][nH]1. The van der Waals surface area contributed by atoms with E-state index in [2.05, 4.69) is 15.5 Å². The Labute approximate surface area is 116 Å². The molecule has 1 amide bonds. The van der Waals surface area contributed by atoms with E-state index >= 15 is 0 Å². The Kier molecular flexibility index (Phi) is 5.00. The number of hydrogen-bond acceptors (Lipinski definition) is 3. The molecule has 0 saturated heterocycles. The number of rotatable bonds is 7. The van der Waals surface area contributed by atoms with Crippen molar-refractivity contribution >= 4 is 5.91 Å². The summed E-state index contributed by atoms with van der Waals surface area (Å²) < 4.78 is 5.49. The average Bonchev–Trinajstić information content (AvgIpc) is 2.88. The summed E-state index contributed by atoms with van der Waals surface area (Å²) in [6.45, 7) is 0.815. The molecule has 0 bridgehead atoms. The fourth-order valence-electron chi connectivity index (χ4n) is 1.69. The first-order chi connectivity index (χ1) is 9.74. The highest BCUT2D eigenvalue weighted by atomic mass is 16.5. The van der Waals surface area contributed by atoms with Crippen molar-refractivity contribution in [1.82, 2.24) is 15.5 Å². The lowest BCUT2D eigenvalue weighted by molar-refractivity contribution is -0.121. The van der Waals surface area contributed by atoms with Gasteiger partial charge in [0.15, 0.2) is 0 Å². The van der Waals surface area contributed by atoms with Gasteiger partial charge in [-0.25, -0.2) is 0 Å². The molecular weight excluding hydrogens is 258 g/mol. The normalized spacial score (nSPS) is 10.2. The van der Waals surface area contributed by atoms with Gasteiger partial charge in [-0.05, 0) is 18.6 Å². The van der Waals surface area contributed by atoms with Crippen LogP contribution >= 0.6 is 0 Å². The van der Waals surface area contributed by atoms with Gasteiger partial charge in [0.2, 0.25) is 5.91 Å². The molecule has 0 aliphatic heterocycles. The average molecular weight is 275 g/mol. The van der Waals surface area contributed by atoms with Crippen molar-refractivity contribution in [1.29, 1.82) is 0 Å². The van der Waals surface area contributed by atoms with E-state index in [1.54, 1.807) is 0 Å². The maximum atomic E-state index is 11.6. The Morgan fingerprint density at radius 3 is 2.70 bits per heavy atom. The van der Waals surface area contributed by atoms with Crippen molar-refractivity contribution in [2.75, 3.05) is 6.61 Å². The van der Waals surface area contributed by atoms with Gasteiger partial charge in [-0.1, -0.05) is 18.2 Å². The molecule has 2 rings (SSSR count). The topological polar surface area (TPSA) is 87.0 Å². The van der Waals surface area contributed by atoms with E-state index in [1.807, 2.05) is 30.3 Å². The second-order valence-corrected chi connectivity index (χ2v) is 4.33. The summed E-state index contributed by atoms with van der Waals surface area (Å²) in [5.41, 5.74) is 0.453. The molecule has 6 nitrogen and oxygen atoms in total. The summed E-state index contributed by atoms with van der Waals surface area (Å²) in [7, 11) is 0. The van der Waals surface area contributed by atoms with Crippen LogP contribution in [0.25, 0.3) is 0 Å². The molecule has 1 aromatic heterocycles. The summed E-state index contributed by atoms with van der Waals surface area (Å²) in [6.07, 6.45) is 1.03. The minimum Gasteiger partial charge on any atom is -0.494 e. The lowest BCUT2D eigenvalue weighted by Gasteiger charge is -2.06. The quantitative estimate of drug-likeness (QED) is 0.663. The number of carbonyl (C=O) groups is 1. The minimum absolute atomic E-state index is 0.0660. The molecule has 0 saturated carbocycles. The van der Waals surface area contributed by atoms with Crippen LogP contribution in [0.4, 0.5) is 0 Å². The monoisotopic (exact) mass is 275 g/mol. The lowest BCUT2D eigenvalue weighted by atomic mass is 10.3. The van der Waals surface area contributed by atoms with Crippen LogP contribution in [0.3, 0.4) is 0 Å². The summed E-state index contributed by atoms with van der Waals surface area (Å²) in [5.74, 6) is 0.738. The zero-order valence-corrected chi connectivity index (χ0v) is 11.0. The van der Waals surface area contributed by atoms with E-state index in [-0.39, 0.29) is 11.5 Å². The molecule has 1 aromatic carbocycles. The highest BCUT2D eigenvalue weighted by molar-refractivity contribution is 5.75. The number of H-pyrrole nitrogens is 2. The van der Waals surface area contributed by atoms with Crippen molar-refractivity contribution in [2.45, 2.75) is 19.4 Å². The van der Waals surface area contributed by atoms with Crippen molar-refractivity contribution < 1.29 is 9.53 Å². The summed E-state index contributed by atoms with van der Waals surface area (Å²) in [5, 5.41) is 7.81. The third-order valence-corrected chi connectivity index (χ3v) is 2.69. The first-order valence-electron chi connectivity index (χ1n) is 6.45. The van der Waals surface area contributed by atoms with Crippen LogP contribution < -0.4 is 15.6 Å². The number of aromatic nitrogens is 2. The Balaban J connectivity index is 1.59. The smallest absolute Gasteiger partial charge is 0.264 e. The molecule has 3 N–H and O–H groups in total. The van der Waals surface area contributed by atoms with E-state index in [0.29, 0.717) is 31.7 Å². The van der Waals surface area contributed by atoms with Crippen LogP contribution in [0.15, 0.2) is 41.2 Å². The second-order valence-electron chi connectivity index (χ2n) is 4.33. The van der Waals surface area contributed by atoms with Gasteiger partial charge in [-0.2, -0.15) is 0 Å². The molecular formula is C14H17N3O3. The fraction of sp³-hybridized carbons (Fsp3) is 0.286. The number of aromatic amines is 2. The highest BCUT2D eigenvalue weighted by Crippen LogP contribution is 2.08. The summed E-state index contributed by atoms with van der Waals surface area (Å²) in [4.78, 5) is 22.4. The number of benzene rings is 1. The lowest BCUT2D eigenvalue weighted by Crippen LogP contribution is -2.23. The molecule has 0 spiro atoms. The standard InChI is InChI=1S/C14H17N3O3/c18-13(15-10-11-9-14(19)17-16-11)7-4-8-20-12-5-2-1-3-6-12/h1-3,5-6,9H,4,7-8,10H2,(H,15,18)(H2,16,17,19). The first kappa shape index (κ1) is 13.9. The summed E-state index contributed by atoms with van der Waals surface area (Å²) in [6, 6.07) is 10.9. The van der Waals surface area contributed by atoms with Crippen molar-refractivity contribution in [2.24, 2.45) is 0 Å². The maximum Gasteiger partial charge on any atom is 0.264 e. The molecule has 106 valence electrons. The van der Waals surface area contributed by atoms with Crippen molar-refractivity contribution in [3.63, 3.8) is 0 Å². The molecule has 6 heteroatoms. The first-order valence-corrected chi connectivity index (χ1v) is 6.45. The van der Waals surface area contributed by atoms with Crippen molar-refractivity contribution in [3.8, 4) is 5.75 Å². The molecule has 0 aliphatic carbocycles. The Bertz CT molecular complexity index is 589. The number of nitrogens with one attached hydrogen (secondary N) is 3. The maximum absolute atomic E-state index is 11.6. The Morgan fingerprint density at radius 2 is 2.00 bits per heavy atom. The third kappa shape index (κ3) is 4.64. The summed E-state index contributed by atoms with van der Waals surface area (Å²) >= 11 is 0. The van der Waals surface area contributed by atoms with E-state index in [1.165, 1.54) is 6.07 Å². The zero-order valence-electron chi connectivity index (χ0n) is 11.0. The van der Waals surface area contributed by atoms with Gasteiger partial charge in [0.25, 0.3) is 5.56 Å². The Hall–Kier alpha value is -2.50. The Morgan fingerprint density at radius 1 is 1.20 bits per heavy atom. The molecule has 0 fully saturated rings. The zero-order chi connectivity index (χ0) is 14.2. The van der Waals surface area contributed by atoms with Crippen LogP contribution in [0, 0.1) is 0 Å². The van der Waals surface area contributed by atoms with E-state index in [0.717, 1.165) is 5.75 Å². The van der Waals surface area contributed by atoms with Gasteiger partial charge in [-0.15, -0.1) is 0 Å². The molecule has 20 heavy (non-hydrogen) atoms. The van der Waals surface area contributed by atoms with Crippen LogP contribution in [-0.4, -0.2) is 22.7 Å². The largest absolute Gasteiger partial charge is 0.494 e. The van der Waals surface area contributed by atoms with Gasteiger partial charge in [0.05, 0.1) is 18.8 Å². The van der Waals surface area contributed by atoms with E-state index in [9.17, 15) is 9.59 Å². The molecule has 1 heterocycles. The second kappa shape index (κ2) is 7.18. The van der Waals surface area contributed by atoms with Gasteiger partial charge < -0.3 is 15.2 Å². The van der Waals surface area contributed by atoms with Gasteiger partial charge in [0.1, 0.15) is 5.75 Å². The number of carbonyl (C=O) groups excluding carboxylic acids is 1.